The summed E-state index contributed by atoms with van der Waals surface area (Å²) in [5, 5.41) is 18.5. The first-order valence-electron chi connectivity index (χ1n) is 5.71. The number of carboxylic acids is 1. The van der Waals surface area contributed by atoms with Gasteiger partial charge in [-0.2, -0.15) is 0 Å². The molecule has 0 bridgehead atoms. The largest absolute Gasteiger partial charge is 0.479 e. The number of hydrogen-bond acceptors (Lipinski definition) is 4. The van der Waals surface area contributed by atoms with Gasteiger partial charge >= 0.3 is 5.97 Å². The summed E-state index contributed by atoms with van der Waals surface area (Å²) in [5.74, 6) is -2.56. The van der Waals surface area contributed by atoms with Crippen molar-refractivity contribution in [2.45, 2.75) is 18.9 Å². The minimum absolute atomic E-state index is 0.0254. The summed E-state index contributed by atoms with van der Waals surface area (Å²) in [6.07, 6.45) is 0.0254. The second-order valence-electron chi connectivity index (χ2n) is 4.70. The Bertz CT molecular complexity index is 564. The van der Waals surface area contributed by atoms with Crippen molar-refractivity contribution in [3.63, 3.8) is 0 Å². The van der Waals surface area contributed by atoms with E-state index in [0.717, 1.165) is 11.8 Å². The van der Waals surface area contributed by atoms with Gasteiger partial charge in [0, 0.05) is 5.56 Å². The summed E-state index contributed by atoms with van der Waals surface area (Å²) in [7, 11) is 0. The normalized spacial score (nSPS) is 17.9. The van der Waals surface area contributed by atoms with Gasteiger partial charge in [0.05, 0.1) is 13.0 Å². The molecule has 1 aromatic carbocycles. The zero-order valence-corrected chi connectivity index (χ0v) is 10.3. The number of rotatable bonds is 3. The van der Waals surface area contributed by atoms with E-state index >= 15 is 0 Å². The van der Waals surface area contributed by atoms with Gasteiger partial charge in [-0.05, 0) is 18.6 Å². The molecule has 100 valence electrons. The molecule has 0 aliphatic carbocycles. The number of carboxylic acid groups (broad SMARTS) is 1. The number of carbonyl (C=O) groups excluding carboxylic acids is 2. The fraction of sp³-hybridized carbons (Fsp3) is 0.308. The molecule has 0 fully saturated rings. The SMILES string of the molecule is CC(O)(CN1C(=O)Cc2ccccc2C1=O)C(=O)O. The molecule has 0 saturated carbocycles. The van der Waals surface area contributed by atoms with E-state index in [-0.39, 0.29) is 6.42 Å². The molecule has 0 spiro atoms. The lowest BCUT2D eigenvalue weighted by molar-refractivity contribution is -0.158. The molecule has 6 heteroatoms. The van der Waals surface area contributed by atoms with E-state index < -0.39 is 29.9 Å². The Hall–Kier alpha value is -2.21. The number of benzene rings is 1. The number of carbonyl (C=O) groups is 3. The topological polar surface area (TPSA) is 94.9 Å². The van der Waals surface area contributed by atoms with Crippen LogP contribution >= 0.6 is 0 Å². The average Bonchev–Trinajstić information content (AvgIpc) is 2.34. The Morgan fingerprint density at radius 3 is 2.63 bits per heavy atom. The van der Waals surface area contributed by atoms with Crippen LogP contribution in [0.3, 0.4) is 0 Å². The van der Waals surface area contributed by atoms with Crippen molar-refractivity contribution in [3.05, 3.63) is 35.4 Å². The number of imide groups is 1. The molecule has 1 aliphatic heterocycles. The summed E-state index contributed by atoms with van der Waals surface area (Å²) in [6, 6.07) is 6.65. The molecule has 2 rings (SSSR count). The second-order valence-corrected chi connectivity index (χ2v) is 4.70. The van der Waals surface area contributed by atoms with Crippen LogP contribution in [0.5, 0.6) is 0 Å². The lowest BCUT2D eigenvalue weighted by atomic mass is 9.96. The lowest BCUT2D eigenvalue weighted by Crippen LogP contribution is -2.53. The van der Waals surface area contributed by atoms with Gasteiger partial charge in [0.25, 0.3) is 5.91 Å². The van der Waals surface area contributed by atoms with E-state index in [2.05, 4.69) is 0 Å². The maximum atomic E-state index is 12.1. The molecule has 2 N–H and O–H groups in total. The van der Waals surface area contributed by atoms with Crippen LogP contribution in [0.25, 0.3) is 0 Å². The van der Waals surface area contributed by atoms with Crippen LogP contribution in [-0.2, 0) is 16.0 Å². The standard InChI is InChI=1S/C13H13NO5/c1-13(19,12(17)18)7-14-10(15)6-8-4-2-3-5-9(8)11(14)16/h2-5,19H,6-7H2,1H3,(H,17,18). The zero-order valence-electron chi connectivity index (χ0n) is 10.3. The smallest absolute Gasteiger partial charge is 0.337 e. The summed E-state index contributed by atoms with van der Waals surface area (Å²) >= 11 is 0. The van der Waals surface area contributed by atoms with E-state index in [1.54, 1.807) is 24.3 Å². The van der Waals surface area contributed by atoms with Crippen molar-refractivity contribution in [1.82, 2.24) is 4.90 Å². The maximum absolute atomic E-state index is 12.1. The van der Waals surface area contributed by atoms with Gasteiger partial charge in [0.1, 0.15) is 0 Å². The van der Waals surface area contributed by atoms with Crippen LogP contribution in [0, 0.1) is 0 Å². The van der Waals surface area contributed by atoms with E-state index in [9.17, 15) is 19.5 Å². The summed E-state index contributed by atoms with van der Waals surface area (Å²) in [6.45, 7) is 0.491. The second kappa shape index (κ2) is 4.47. The van der Waals surface area contributed by atoms with Crippen LogP contribution in [-0.4, -0.2) is 45.0 Å². The van der Waals surface area contributed by atoms with Crippen molar-refractivity contribution in [1.29, 1.82) is 0 Å². The van der Waals surface area contributed by atoms with E-state index in [0.29, 0.717) is 11.1 Å². The van der Waals surface area contributed by atoms with Gasteiger partial charge in [-0.15, -0.1) is 0 Å². The highest BCUT2D eigenvalue weighted by atomic mass is 16.4. The Morgan fingerprint density at radius 2 is 2.00 bits per heavy atom. The van der Waals surface area contributed by atoms with Crippen molar-refractivity contribution in [3.8, 4) is 0 Å². The average molecular weight is 263 g/mol. The minimum atomic E-state index is -2.16. The van der Waals surface area contributed by atoms with Gasteiger partial charge in [0.15, 0.2) is 5.60 Å². The first-order chi connectivity index (χ1) is 8.83. The lowest BCUT2D eigenvalue weighted by Gasteiger charge is -2.31. The molecule has 1 unspecified atom stereocenters. The molecule has 1 atom stereocenters. The van der Waals surface area contributed by atoms with Crippen molar-refractivity contribution < 1.29 is 24.6 Å². The van der Waals surface area contributed by atoms with Crippen molar-refractivity contribution >= 4 is 17.8 Å². The molecule has 6 nitrogen and oxygen atoms in total. The summed E-state index contributed by atoms with van der Waals surface area (Å²) in [4.78, 5) is 35.6. The first kappa shape index (κ1) is 13.2. The molecule has 1 aromatic rings. The molecule has 19 heavy (non-hydrogen) atoms. The highest BCUT2D eigenvalue weighted by molar-refractivity contribution is 6.10. The minimum Gasteiger partial charge on any atom is -0.479 e. The predicted octanol–water partition coefficient (Wildman–Crippen LogP) is 0.0471. The van der Waals surface area contributed by atoms with Crippen LogP contribution in [0.15, 0.2) is 24.3 Å². The third-order valence-corrected chi connectivity index (χ3v) is 3.06. The molecule has 0 aromatic heterocycles. The number of β-amino-alcohol motifs (C(OH)–C–C–N with tert-alkyl or cyclic N) is 1. The number of nitrogens with zero attached hydrogens (tertiary/aromatic N) is 1. The molecule has 1 heterocycles. The third kappa shape index (κ3) is 2.34. The van der Waals surface area contributed by atoms with Crippen molar-refractivity contribution in [2.24, 2.45) is 0 Å². The Morgan fingerprint density at radius 1 is 1.37 bits per heavy atom. The first-order valence-corrected chi connectivity index (χ1v) is 5.71. The number of fused-ring (bicyclic) bond motifs is 1. The molecular weight excluding hydrogens is 250 g/mol. The highest BCUT2D eigenvalue weighted by Gasteiger charge is 2.39. The van der Waals surface area contributed by atoms with Gasteiger partial charge < -0.3 is 10.2 Å². The molecule has 2 amide bonds. The molecule has 0 saturated heterocycles. The monoisotopic (exact) mass is 263 g/mol. The Balaban J connectivity index is 2.32. The number of amides is 2. The number of aliphatic hydroxyl groups is 1. The Labute approximate surface area is 109 Å². The summed E-state index contributed by atoms with van der Waals surface area (Å²) in [5.41, 5.74) is -1.18. The van der Waals surface area contributed by atoms with E-state index in [4.69, 9.17) is 5.11 Å². The molecular formula is C13H13NO5. The predicted molar refractivity (Wildman–Crippen MR) is 64.4 cm³/mol. The number of aliphatic carboxylic acids is 1. The zero-order chi connectivity index (χ0) is 14.2. The summed E-state index contributed by atoms with van der Waals surface area (Å²) < 4.78 is 0. The van der Waals surface area contributed by atoms with Gasteiger partial charge in [-0.3, -0.25) is 14.5 Å². The van der Waals surface area contributed by atoms with Crippen molar-refractivity contribution in [2.75, 3.05) is 6.54 Å². The van der Waals surface area contributed by atoms with Crippen LogP contribution in [0.2, 0.25) is 0 Å². The Kier molecular flexibility index (Phi) is 3.11. The quantitative estimate of drug-likeness (QED) is 0.751. The van der Waals surface area contributed by atoms with E-state index in [1.165, 1.54) is 0 Å². The fourth-order valence-electron chi connectivity index (χ4n) is 1.94. The van der Waals surface area contributed by atoms with Gasteiger partial charge in [-0.25, -0.2) is 4.79 Å². The van der Waals surface area contributed by atoms with Crippen LogP contribution in [0.1, 0.15) is 22.8 Å². The fourth-order valence-corrected chi connectivity index (χ4v) is 1.94. The van der Waals surface area contributed by atoms with Crippen LogP contribution < -0.4 is 0 Å². The molecule has 0 radical (unpaired) electrons. The van der Waals surface area contributed by atoms with Crippen LogP contribution in [0.4, 0.5) is 0 Å². The van der Waals surface area contributed by atoms with E-state index in [1.807, 2.05) is 0 Å². The van der Waals surface area contributed by atoms with Gasteiger partial charge in [-0.1, -0.05) is 18.2 Å². The maximum Gasteiger partial charge on any atom is 0.337 e. The molecule has 1 aliphatic rings. The third-order valence-electron chi connectivity index (χ3n) is 3.06. The highest BCUT2D eigenvalue weighted by Crippen LogP contribution is 2.21. The van der Waals surface area contributed by atoms with Gasteiger partial charge in [0.2, 0.25) is 5.91 Å². The number of hydrogen-bond donors (Lipinski definition) is 2.